The van der Waals surface area contributed by atoms with E-state index in [9.17, 15) is 14.7 Å². The Balaban J connectivity index is 1.89. The van der Waals surface area contributed by atoms with Crippen molar-refractivity contribution in [1.29, 1.82) is 0 Å². The Hall–Kier alpha value is -0.940. The summed E-state index contributed by atoms with van der Waals surface area (Å²) in [5.41, 5.74) is -0.885. The first-order valence-electron chi connectivity index (χ1n) is 6.97. The second-order valence-corrected chi connectivity index (χ2v) is 6.13. The van der Waals surface area contributed by atoms with Crippen molar-refractivity contribution >= 4 is 12.3 Å². The van der Waals surface area contributed by atoms with E-state index in [0.717, 1.165) is 51.5 Å². The Morgan fingerprint density at radius 3 is 2.32 bits per heavy atom. The van der Waals surface area contributed by atoms with Crippen LogP contribution < -0.4 is 0 Å². The number of likely N-dealkylation sites (tertiary alicyclic amines) is 1. The van der Waals surface area contributed by atoms with Gasteiger partial charge in [-0.25, -0.2) is 0 Å². The molecule has 2 aliphatic rings. The molecule has 5 nitrogen and oxygen atoms in total. The predicted octanol–water partition coefficient (Wildman–Crippen LogP) is 1.17. The lowest BCUT2D eigenvalue weighted by Gasteiger charge is -2.45. The highest BCUT2D eigenvalue weighted by Crippen LogP contribution is 2.43. The Morgan fingerprint density at radius 2 is 1.95 bits per heavy atom. The number of hydrogen-bond acceptors (Lipinski definition) is 4. The molecule has 0 atom stereocenters. The molecule has 0 unspecified atom stereocenters. The fourth-order valence-corrected chi connectivity index (χ4v) is 3.21. The van der Waals surface area contributed by atoms with Crippen LogP contribution in [0, 0.1) is 10.8 Å². The number of aliphatic carboxylic acids is 1. The quantitative estimate of drug-likeness (QED) is 0.733. The largest absolute Gasteiger partial charge is 0.481 e. The van der Waals surface area contributed by atoms with Gasteiger partial charge in [-0.1, -0.05) is 6.42 Å². The van der Waals surface area contributed by atoms with Crippen molar-refractivity contribution in [3.05, 3.63) is 0 Å². The number of carboxylic acid groups (broad SMARTS) is 1. The molecule has 0 aromatic rings. The van der Waals surface area contributed by atoms with Crippen LogP contribution in [0.1, 0.15) is 32.1 Å². The van der Waals surface area contributed by atoms with Crippen LogP contribution in [0.15, 0.2) is 0 Å². The van der Waals surface area contributed by atoms with Gasteiger partial charge in [-0.3, -0.25) is 4.79 Å². The Morgan fingerprint density at radius 1 is 1.32 bits per heavy atom. The normalized spacial score (nSPS) is 25.5. The third-order valence-electron chi connectivity index (χ3n) is 4.82. The molecule has 0 bridgehead atoms. The molecule has 1 N–H and O–H groups in total. The molecule has 1 saturated carbocycles. The molecule has 2 fully saturated rings. The predicted molar refractivity (Wildman–Crippen MR) is 70.0 cm³/mol. The molecule has 0 amide bonds. The van der Waals surface area contributed by atoms with Crippen LogP contribution in [0.2, 0.25) is 0 Å². The van der Waals surface area contributed by atoms with Crippen LogP contribution in [-0.2, 0) is 14.3 Å². The van der Waals surface area contributed by atoms with Gasteiger partial charge in [-0.15, -0.1) is 0 Å². The molecule has 19 heavy (non-hydrogen) atoms. The van der Waals surface area contributed by atoms with Gasteiger partial charge >= 0.3 is 5.97 Å². The van der Waals surface area contributed by atoms with Crippen molar-refractivity contribution in [2.45, 2.75) is 32.1 Å². The summed E-state index contributed by atoms with van der Waals surface area (Å²) in [6, 6.07) is 0. The number of nitrogens with zero attached hydrogens (tertiary/aromatic N) is 1. The summed E-state index contributed by atoms with van der Waals surface area (Å²) in [5, 5.41) is 9.34. The monoisotopic (exact) mass is 269 g/mol. The van der Waals surface area contributed by atoms with Gasteiger partial charge in [0.05, 0.1) is 17.4 Å². The van der Waals surface area contributed by atoms with Crippen LogP contribution in [0.3, 0.4) is 0 Å². The SMILES string of the molecule is COCC1(C=O)CCN(CC2(C(=O)O)CCC2)CC1. The molecule has 0 radical (unpaired) electrons. The van der Waals surface area contributed by atoms with E-state index in [0.29, 0.717) is 13.2 Å². The van der Waals surface area contributed by atoms with E-state index in [1.807, 2.05) is 0 Å². The molecule has 5 heteroatoms. The summed E-state index contributed by atoms with van der Waals surface area (Å²) in [6.45, 7) is 2.67. The van der Waals surface area contributed by atoms with Gasteiger partial charge in [-0.05, 0) is 38.8 Å². The van der Waals surface area contributed by atoms with Crippen LogP contribution >= 0.6 is 0 Å². The standard InChI is InChI=1S/C14H23NO4/c1-19-11-13(10-16)5-7-15(8-6-13)9-14(12(17)18)3-2-4-14/h10H,2-9,11H2,1H3,(H,17,18). The minimum Gasteiger partial charge on any atom is -0.481 e. The summed E-state index contributed by atoms with van der Waals surface area (Å²) < 4.78 is 5.14. The summed E-state index contributed by atoms with van der Waals surface area (Å²) in [4.78, 5) is 24.8. The second-order valence-electron chi connectivity index (χ2n) is 6.13. The molecule has 0 spiro atoms. The van der Waals surface area contributed by atoms with Gasteiger partial charge in [0.15, 0.2) is 0 Å². The van der Waals surface area contributed by atoms with Gasteiger partial charge in [0.2, 0.25) is 0 Å². The van der Waals surface area contributed by atoms with Gasteiger partial charge in [0.1, 0.15) is 6.29 Å². The number of piperidine rings is 1. The Kier molecular flexibility index (Phi) is 4.26. The topological polar surface area (TPSA) is 66.8 Å². The van der Waals surface area contributed by atoms with E-state index < -0.39 is 11.4 Å². The van der Waals surface area contributed by atoms with E-state index in [1.165, 1.54) is 0 Å². The summed E-state index contributed by atoms with van der Waals surface area (Å²) in [5.74, 6) is -0.664. The molecule has 1 saturated heterocycles. The van der Waals surface area contributed by atoms with E-state index in [1.54, 1.807) is 7.11 Å². The molecule has 1 aliphatic carbocycles. The number of carboxylic acids is 1. The maximum Gasteiger partial charge on any atom is 0.310 e. The summed E-state index contributed by atoms with van der Waals surface area (Å²) in [7, 11) is 1.62. The number of methoxy groups -OCH3 is 1. The van der Waals surface area contributed by atoms with Crippen LogP contribution in [0.4, 0.5) is 0 Å². The number of ether oxygens (including phenoxy) is 1. The van der Waals surface area contributed by atoms with Gasteiger partial charge in [0, 0.05) is 13.7 Å². The summed E-state index contributed by atoms with van der Waals surface area (Å²) >= 11 is 0. The zero-order chi connectivity index (χ0) is 13.9. The van der Waals surface area contributed by atoms with Gasteiger partial charge < -0.3 is 19.5 Å². The number of rotatable bonds is 6. The van der Waals surface area contributed by atoms with Gasteiger partial charge in [-0.2, -0.15) is 0 Å². The lowest BCUT2D eigenvalue weighted by Crippen LogP contribution is -2.51. The molecule has 2 rings (SSSR count). The Bertz CT molecular complexity index is 343. The Labute approximate surface area is 113 Å². The molecule has 0 aromatic carbocycles. The molecular weight excluding hydrogens is 246 g/mol. The van der Waals surface area contributed by atoms with Gasteiger partial charge in [0.25, 0.3) is 0 Å². The van der Waals surface area contributed by atoms with Crippen LogP contribution in [-0.4, -0.2) is 55.6 Å². The van der Waals surface area contributed by atoms with Crippen molar-refractivity contribution in [3.63, 3.8) is 0 Å². The first-order valence-corrected chi connectivity index (χ1v) is 6.97. The van der Waals surface area contributed by atoms with E-state index in [-0.39, 0.29) is 5.41 Å². The molecule has 1 aliphatic heterocycles. The zero-order valence-corrected chi connectivity index (χ0v) is 11.6. The first kappa shape index (κ1) is 14.5. The average molecular weight is 269 g/mol. The van der Waals surface area contributed by atoms with Crippen LogP contribution in [0.25, 0.3) is 0 Å². The second kappa shape index (κ2) is 5.59. The zero-order valence-electron chi connectivity index (χ0n) is 11.6. The lowest BCUT2D eigenvalue weighted by atomic mass is 9.68. The summed E-state index contributed by atoms with van der Waals surface area (Å²) in [6.07, 6.45) is 5.14. The minimum atomic E-state index is -0.664. The lowest BCUT2D eigenvalue weighted by molar-refractivity contribution is -0.157. The highest BCUT2D eigenvalue weighted by molar-refractivity contribution is 5.76. The number of carbonyl (C=O) groups excluding carboxylic acids is 1. The number of hydrogen-bond donors (Lipinski definition) is 1. The van der Waals surface area contributed by atoms with Crippen LogP contribution in [0.5, 0.6) is 0 Å². The first-order chi connectivity index (χ1) is 9.06. The highest BCUT2D eigenvalue weighted by Gasteiger charge is 2.46. The smallest absolute Gasteiger partial charge is 0.310 e. The molecule has 0 aromatic heterocycles. The highest BCUT2D eigenvalue weighted by atomic mass is 16.5. The maximum absolute atomic E-state index is 11.4. The molecular formula is C14H23NO4. The molecule has 108 valence electrons. The number of carbonyl (C=O) groups is 2. The average Bonchev–Trinajstić information content (AvgIpc) is 2.36. The number of aldehydes is 1. The van der Waals surface area contributed by atoms with E-state index in [4.69, 9.17) is 4.74 Å². The van der Waals surface area contributed by atoms with E-state index >= 15 is 0 Å². The minimum absolute atomic E-state index is 0.360. The van der Waals surface area contributed by atoms with Crippen molar-refractivity contribution < 1.29 is 19.4 Å². The third kappa shape index (κ3) is 2.82. The van der Waals surface area contributed by atoms with Crippen molar-refractivity contribution in [2.75, 3.05) is 33.4 Å². The fourth-order valence-electron chi connectivity index (χ4n) is 3.21. The fraction of sp³-hybridized carbons (Fsp3) is 0.857. The maximum atomic E-state index is 11.4. The molecule has 1 heterocycles. The van der Waals surface area contributed by atoms with E-state index in [2.05, 4.69) is 4.90 Å². The van der Waals surface area contributed by atoms with Crippen molar-refractivity contribution in [3.8, 4) is 0 Å². The van der Waals surface area contributed by atoms with Crippen molar-refractivity contribution in [1.82, 2.24) is 4.90 Å². The van der Waals surface area contributed by atoms with Crippen molar-refractivity contribution in [2.24, 2.45) is 10.8 Å². The third-order valence-corrected chi connectivity index (χ3v) is 4.82.